The lowest BCUT2D eigenvalue weighted by atomic mass is 10.1. The predicted molar refractivity (Wildman–Crippen MR) is 115 cm³/mol. The minimum Gasteiger partial charge on any atom is -0.288 e. The Labute approximate surface area is 167 Å². The molecule has 0 aliphatic rings. The highest BCUT2D eigenvalue weighted by Crippen LogP contribution is 2.30. The highest BCUT2D eigenvalue weighted by molar-refractivity contribution is 8.03. The SMILES string of the molecule is Cc1ccc(CS/C(=C/c2sccc2C)C(=O)c2ccc(Cl)cc2)cc1. The molecule has 2 aromatic carbocycles. The fraction of sp³-hybridized carbons (Fsp3) is 0.136. The number of thiophene rings is 1. The highest BCUT2D eigenvalue weighted by Gasteiger charge is 2.14. The first kappa shape index (κ1) is 19.0. The minimum atomic E-state index is 0.0339. The zero-order valence-corrected chi connectivity index (χ0v) is 17.0. The van der Waals surface area contributed by atoms with Crippen LogP contribution in [-0.2, 0) is 5.75 Å². The summed E-state index contributed by atoms with van der Waals surface area (Å²) in [6, 6.07) is 17.6. The maximum absolute atomic E-state index is 13.0. The molecule has 1 aromatic heterocycles. The molecule has 4 heteroatoms. The molecule has 0 saturated carbocycles. The van der Waals surface area contributed by atoms with E-state index < -0.39 is 0 Å². The van der Waals surface area contributed by atoms with Crippen LogP contribution in [0, 0.1) is 13.8 Å². The van der Waals surface area contributed by atoms with Crippen LogP contribution in [0.1, 0.15) is 31.9 Å². The zero-order chi connectivity index (χ0) is 18.5. The van der Waals surface area contributed by atoms with Crippen LogP contribution in [0.25, 0.3) is 6.08 Å². The first-order valence-corrected chi connectivity index (χ1v) is 10.5. The van der Waals surface area contributed by atoms with Crippen LogP contribution < -0.4 is 0 Å². The van der Waals surface area contributed by atoms with Crippen molar-refractivity contribution >= 4 is 46.6 Å². The molecule has 0 aliphatic carbocycles. The second-order valence-electron chi connectivity index (χ2n) is 6.09. The predicted octanol–water partition coefficient (Wildman–Crippen LogP) is 7.18. The Morgan fingerprint density at radius 3 is 2.35 bits per heavy atom. The molecular formula is C22H19ClOS2. The largest absolute Gasteiger partial charge is 0.288 e. The molecule has 1 heterocycles. The summed E-state index contributed by atoms with van der Waals surface area (Å²) in [6.45, 7) is 4.14. The summed E-state index contributed by atoms with van der Waals surface area (Å²) >= 11 is 9.19. The molecule has 3 aromatic rings. The number of thioether (sulfide) groups is 1. The van der Waals surface area contributed by atoms with Crippen molar-refractivity contribution in [1.29, 1.82) is 0 Å². The van der Waals surface area contributed by atoms with Crippen LogP contribution in [0.2, 0.25) is 5.02 Å². The Morgan fingerprint density at radius 2 is 1.73 bits per heavy atom. The summed E-state index contributed by atoms with van der Waals surface area (Å²) in [5.41, 5.74) is 4.29. The number of ketones is 1. The third kappa shape index (κ3) is 4.88. The number of rotatable bonds is 6. The maximum Gasteiger partial charge on any atom is 0.199 e. The minimum absolute atomic E-state index is 0.0339. The number of Topliss-reactive ketones (excluding diaryl/α,β-unsaturated/α-hetero) is 1. The van der Waals surface area contributed by atoms with E-state index in [2.05, 4.69) is 49.6 Å². The average molecular weight is 399 g/mol. The first-order chi connectivity index (χ1) is 12.5. The molecule has 0 N–H and O–H groups in total. The van der Waals surface area contributed by atoms with Gasteiger partial charge in [0.2, 0.25) is 0 Å². The third-order valence-corrected chi connectivity index (χ3v) is 6.32. The maximum atomic E-state index is 13.0. The summed E-state index contributed by atoms with van der Waals surface area (Å²) in [4.78, 5) is 14.9. The van der Waals surface area contributed by atoms with Gasteiger partial charge < -0.3 is 0 Å². The number of carbonyl (C=O) groups is 1. The number of allylic oxidation sites excluding steroid dienone is 1. The van der Waals surface area contributed by atoms with Gasteiger partial charge in [0.15, 0.2) is 5.78 Å². The van der Waals surface area contributed by atoms with E-state index in [0.717, 1.165) is 15.5 Å². The number of aryl methyl sites for hydroxylation is 2. The topological polar surface area (TPSA) is 17.1 Å². The van der Waals surface area contributed by atoms with Crippen molar-refractivity contribution in [3.8, 4) is 0 Å². The van der Waals surface area contributed by atoms with Gasteiger partial charge in [0.05, 0.1) is 4.91 Å². The lowest BCUT2D eigenvalue weighted by molar-refractivity contribution is 0.104. The van der Waals surface area contributed by atoms with Crippen molar-refractivity contribution in [3.63, 3.8) is 0 Å². The molecular weight excluding hydrogens is 380 g/mol. The number of halogens is 1. The molecule has 0 unspecified atom stereocenters. The van der Waals surface area contributed by atoms with E-state index in [1.165, 1.54) is 16.7 Å². The van der Waals surface area contributed by atoms with Crippen LogP contribution in [0.3, 0.4) is 0 Å². The van der Waals surface area contributed by atoms with Gasteiger partial charge in [-0.15, -0.1) is 23.1 Å². The van der Waals surface area contributed by atoms with E-state index in [1.54, 1.807) is 47.4 Å². The molecule has 0 bridgehead atoms. The molecule has 0 fully saturated rings. The molecule has 3 rings (SSSR count). The Bertz CT molecular complexity index is 922. The van der Waals surface area contributed by atoms with Crippen molar-refractivity contribution in [2.75, 3.05) is 0 Å². The van der Waals surface area contributed by atoms with Gasteiger partial charge in [0, 0.05) is 21.2 Å². The van der Waals surface area contributed by atoms with Crippen LogP contribution in [0.4, 0.5) is 0 Å². The van der Waals surface area contributed by atoms with Gasteiger partial charge in [0.1, 0.15) is 0 Å². The second kappa shape index (κ2) is 8.72. The summed E-state index contributed by atoms with van der Waals surface area (Å²) in [5.74, 6) is 0.794. The van der Waals surface area contributed by atoms with Gasteiger partial charge in [-0.1, -0.05) is 41.4 Å². The molecule has 132 valence electrons. The Balaban J connectivity index is 1.87. The van der Waals surface area contributed by atoms with E-state index in [1.807, 2.05) is 6.08 Å². The van der Waals surface area contributed by atoms with Crippen molar-refractivity contribution < 1.29 is 4.79 Å². The quantitative estimate of drug-likeness (QED) is 0.323. The second-order valence-corrected chi connectivity index (χ2v) is 8.49. The molecule has 26 heavy (non-hydrogen) atoms. The van der Waals surface area contributed by atoms with Crippen LogP contribution in [0.5, 0.6) is 0 Å². The first-order valence-electron chi connectivity index (χ1n) is 8.27. The number of benzene rings is 2. The van der Waals surface area contributed by atoms with Gasteiger partial charge >= 0.3 is 0 Å². The van der Waals surface area contributed by atoms with Gasteiger partial charge in [-0.2, -0.15) is 0 Å². The molecule has 0 saturated heterocycles. The van der Waals surface area contributed by atoms with E-state index in [-0.39, 0.29) is 5.78 Å². The van der Waals surface area contributed by atoms with Crippen LogP contribution >= 0.6 is 34.7 Å². The van der Waals surface area contributed by atoms with Crippen molar-refractivity contribution in [1.82, 2.24) is 0 Å². The molecule has 0 spiro atoms. The van der Waals surface area contributed by atoms with E-state index >= 15 is 0 Å². The number of hydrogen-bond acceptors (Lipinski definition) is 3. The Kier molecular flexibility index (Phi) is 6.36. The van der Waals surface area contributed by atoms with Crippen molar-refractivity contribution in [3.05, 3.63) is 97.0 Å². The van der Waals surface area contributed by atoms with Gasteiger partial charge in [-0.3, -0.25) is 4.79 Å². The lowest BCUT2D eigenvalue weighted by Crippen LogP contribution is -2.01. The standard InChI is InChI=1S/C22H19ClOS2/c1-15-3-5-17(6-4-15)14-26-21(13-20-16(2)11-12-25-20)22(24)18-7-9-19(23)10-8-18/h3-13H,14H2,1-2H3/b21-13+. The van der Waals surface area contributed by atoms with Crippen LogP contribution in [0.15, 0.2) is 64.9 Å². The fourth-order valence-electron chi connectivity index (χ4n) is 2.41. The fourth-order valence-corrected chi connectivity index (χ4v) is 4.44. The van der Waals surface area contributed by atoms with Crippen LogP contribution in [-0.4, -0.2) is 5.78 Å². The lowest BCUT2D eigenvalue weighted by Gasteiger charge is -2.08. The molecule has 0 amide bonds. The van der Waals surface area contributed by atoms with Gasteiger partial charge in [0.25, 0.3) is 0 Å². The summed E-state index contributed by atoms with van der Waals surface area (Å²) < 4.78 is 0. The molecule has 0 radical (unpaired) electrons. The van der Waals surface area contributed by atoms with E-state index in [0.29, 0.717) is 10.6 Å². The molecule has 0 aliphatic heterocycles. The van der Waals surface area contributed by atoms with E-state index in [4.69, 9.17) is 11.6 Å². The molecule has 0 atom stereocenters. The monoisotopic (exact) mass is 398 g/mol. The Morgan fingerprint density at radius 1 is 1.04 bits per heavy atom. The molecule has 1 nitrogen and oxygen atoms in total. The zero-order valence-electron chi connectivity index (χ0n) is 14.7. The van der Waals surface area contributed by atoms with Crippen molar-refractivity contribution in [2.45, 2.75) is 19.6 Å². The summed E-state index contributed by atoms with van der Waals surface area (Å²) in [5, 5.41) is 2.68. The summed E-state index contributed by atoms with van der Waals surface area (Å²) in [6.07, 6.45) is 2.01. The Hall–Kier alpha value is -1.81. The van der Waals surface area contributed by atoms with Crippen molar-refractivity contribution in [2.24, 2.45) is 0 Å². The van der Waals surface area contributed by atoms with Gasteiger partial charge in [-0.05, 0) is 66.8 Å². The highest BCUT2D eigenvalue weighted by atomic mass is 35.5. The number of carbonyl (C=O) groups excluding carboxylic acids is 1. The average Bonchev–Trinajstić information content (AvgIpc) is 3.05. The third-order valence-electron chi connectivity index (χ3n) is 4.01. The van der Waals surface area contributed by atoms with Gasteiger partial charge in [-0.25, -0.2) is 0 Å². The number of hydrogen-bond donors (Lipinski definition) is 0. The normalized spacial score (nSPS) is 11.6. The smallest absolute Gasteiger partial charge is 0.199 e. The summed E-state index contributed by atoms with van der Waals surface area (Å²) in [7, 11) is 0. The van der Waals surface area contributed by atoms with E-state index in [9.17, 15) is 4.79 Å².